The van der Waals surface area contributed by atoms with Gasteiger partial charge < -0.3 is 14.5 Å². The van der Waals surface area contributed by atoms with Crippen LogP contribution in [-0.4, -0.2) is 58.8 Å². The lowest BCUT2D eigenvalue weighted by molar-refractivity contribution is 0.0577. The van der Waals surface area contributed by atoms with E-state index >= 15 is 0 Å². The van der Waals surface area contributed by atoms with E-state index in [9.17, 15) is 4.79 Å². The van der Waals surface area contributed by atoms with Crippen LogP contribution in [0.5, 0.6) is 5.75 Å². The normalized spacial score (nSPS) is 17.6. The van der Waals surface area contributed by atoms with Crippen molar-refractivity contribution in [3.63, 3.8) is 0 Å². The van der Waals surface area contributed by atoms with E-state index in [-0.39, 0.29) is 11.9 Å². The summed E-state index contributed by atoms with van der Waals surface area (Å²) in [7, 11) is 5.82. The van der Waals surface area contributed by atoms with E-state index in [0.29, 0.717) is 18.8 Å². The molecular weight excluding hydrogens is 292 g/mol. The van der Waals surface area contributed by atoms with Crippen molar-refractivity contribution in [2.24, 2.45) is 7.05 Å². The lowest BCUT2D eigenvalue weighted by Crippen LogP contribution is -2.47. The Hall–Kier alpha value is -2.34. The van der Waals surface area contributed by atoms with Crippen molar-refractivity contribution < 1.29 is 9.53 Å². The summed E-state index contributed by atoms with van der Waals surface area (Å²) in [4.78, 5) is 16.9. The number of likely N-dealkylation sites (N-methyl/N-ethyl adjacent to an activating group) is 1. The van der Waals surface area contributed by atoms with Crippen LogP contribution in [0.25, 0.3) is 0 Å². The molecule has 0 unspecified atom stereocenters. The number of aryl methyl sites for hydroxylation is 1. The van der Waals surface area contributed by atoms with Gasteiger partial charge in [0.1, 0.15) is 18.1 Å². The number of hydrogen-bond donors (Lipinski definition) is 0. The zero-order chi connectivity index (χ0) is 16.4. The third-order valence-corrected chi connectivity index (χ3v) is 3.95. The maximum atomic E-state index is 12.9. The fourth-order valence-electron chi connectivity index (χ4n) is 2.85. The highest BCUT2D eigenvalue weighted by molar-refractivity contribution is 5.92. The number of benzene rings is 1. The molecule has 0 spiro atoms. The van der Waals surface area contributed by atoms with Gasteiger partial charge in [0.15, 0.2) is 0 Å². The van der Waals surface area contributed by atoms with Crippen molar-refractivity contribution in [1.82, 2.24) is 19.6 Å². The van der Waals surface area contributed by atoms with Crippen molar-refractivity contribution in [3.8, 4) is 5.75 Å². The smallest absolute Gasteiger partial charge is 0.275 e. The molecule has 6 nitrogen and oxygen atoms in total. The highest BCUT2D eigenvalue weighted by Crippen LogP contribution is 2.26. The van der Waals surface area contributed by atoms with E-state index < -0.39 is 0 Å². The molecule has 0 saturated carbocycles. The Morgan fingerprint density at radius 2 is 2.13 bits per heavy atom. The van der Waals surface area contributed by atoms with Crippen LogP contribution in [0.3, 0.4) is 0 Å². The lowest BCUT2D eigenvalue weighted by Gasteiger charge is -2.30. The third-order valence-electron chi connectivity index (χ3n) is 3.95. The van der Waals surface area contributed by atoms with Gasteiger partial charge in [-0.1, -0.05) is 18.2 Å². The zero-order valence-corrected chi connectivity index (χ0v) is 13.8. The van der Waals surface area contributed by atoms with Crippen LogP contribution in [0.2, 0.25) is 0 Å². The van der Waals surface area contributed by atoms with Crippen LogP contribution >= 0.6 is 0 Å². The van der Waals surface area contributed by atoms with Gasteiger partial charge in [0.2, 0.25) is 0 Å². The fourth-order valence-corrected chi connectivity index (χ4v) is 2.85. The predicted octanol–water partition coefficient (Wildman–Crippen LogP) is 1.39. The van der Waals surface area contributed by atoms with E-state index in [4.69, 9.17) is 4.74 Å². The first-order valence-electron chi connectivity index (χ1n) is 7.70. The number of nitrogens with zero attached hydrogens (tertiary/aromatic N) is 4. The maximum absolute atomic E-state index is 12.9. The second kappa shape index (κ2) is 6.42. The van der Waals surface area contributed by atoms with Gasteiger partial charge in [-0.2, -0.15) is 5.10 Å². The van der Waals surface area contributed by atoms with Gasteiger partial charge in [0, 0.05) is 25.4 Å². The lowest BCUT2D eigenvalue weighted by atomic mass is 10.1. The second-order valence-electron chi connectivity index (χ2n) is 6.14. The Morgan fingerprint density at radius 1 is 1.35 bits per heavy atom. The van der Waals surface area contributed by atoms with Gasteiger partial charge in [0.25, 0.3) is 5.91 Å². The number of para-hydroxylation sites is 1. The first kappa shape index (κ1) is 15.6. The molecule has 122 valence electrons. The zero-order valence-electron chi connectivity index (χ0n) is 13.8. The molecule has 1 amide bonds. The van der Waals surface area contributed by atoms with E-state index in [0.717, 1.165) is 17.9 Å². The Bertz CT molecular complexity index is 695. The minimum Gasteiger partial charge on any atom is -0.491 e. The number of amides is 1. The molecule has 0 fully saturated rings. The molecule has 1 aliphatic heterocycles. The summed E-state index contributed by atoms with van der Waals surface area (Å²) in [5.74, 6) is 0.797. The van der Waals surface area contributed by atoms with E-state index in [1.54, 1.807) is 16.9 Å². The summed E-state index contributed by atoms with van der Waals surface area (Å²) in [6.07, 6.45) is 1.79. The molecule has 1 aromatic carbocycles. The quantitative estimate of drug-likeness (QED) is 0.859. The number of aromatic nitrogens is 2. The molecule has 1 aliphatic rings. The van der Waals surface area contributed by atoms with Gasteiger partial charge in [0.05, 0.1) is 12.6 Å². The summed E-state index contributed by atoms with van der Waals surface area (Å²) in [6, 6.07) is 9.62. The highest BCUT2D eigenvalue weighted by atomic mass is 16.5. The maximum Gasteiger partial charge on any atom is 0.275 e. The van der Waals surface area contributed by atoms with Crippen LogP contribution in [-0.2, 0) is 13.6 Å². The van der Waals surface area contributed by atoms with E-state index in [1.807, 2.05) is 50.3 Å². The van der Waals surface area contributed by atoms with E-state index in [2.05, 4.69) is 10.00 Å². The van der Waals surface area contributed by atoms with Crippen molar-refractivity contribution in [1.29, 1.82) is 0 Å². The van der Waals surface area contributed by atoms with Gasteiger partial charge in [-0.15, -0.1) is 0 Å². The Morgan fingerprint density at radius 3 is 2.83 bits per heavy atom. The molecule has 0 bridgehead atoms. The van der Waals surface area contributed by atoms with Crippen LogP contribution in [0.15, 0.2) is 36.5 Å². The van der Waals surface area contributed by atoms with Crippen molar-refractivity contribution >= 4 is 5.91 Å². The summed E-state index contributed by atoms with van der Waals surface area (Å²) in [5, 5.41) is 4.26. The average molecular weight is 314 g/mol. The Labute approximate surface area is 136 Å². The minimum atomic E-state index is -0.0576. The molecular formula is C17H22N4O2. The van der Waals surface area contributed by atoms with Crippen LogP contribution in [0.4, 0.5) is 0 Å². The number of fused-ring (bicyclic) bond motifs is 1. The highest BCUT2D eigenvalue weighted by Gasteiger charge is 2.30. The van der Waals surface area contributed by atoms with Crippen LogP contribution < -0.4 is 4.74 Å². The van der Waals surface area contributed by atoms with Crippen molar-refractivity contribution in [2.45, 2.75) is 12.6 Å². The standard InChI is InChI=1S/C17H22N4O2/c1-19(2)11-14-12-23-16-7-5-4-6-13(16)10-21(14)17(22)15-8-9-20(3)18-15/h4-9,14H,10-12H2,1-3H3/t14-/m1/s1. The van der Waals surface area contributed by atoms with Crippen LogP contribution in [0.1, 0.15) is 16.1 Å². The summed E-state index contributed by atoms with van der Waals surface area (Å²) in [5.41, 5.74) is 1.49. The van der Waals surface area contributed by atoms with Crippen LogP contribution in [0, 0.1) is 0 Å². The molecule has 2 aromatic rings. The Balaban J connectivity index is 1.92. The summed E-state index contributed by atoms with van der Waals surface area (Å²) >= 11 is 0. The molecule has 6 heteroatoms. The van der Waals surface area contributed by atoms with Gasteiger partial charge >= 0.3 is 0 Å². The molecule has 1 aromatic heterocycles. The number of carbonyl (C=O) groups excluding carboxylic acids is 1. The summed E-state index contributed by atoms with van der Waals surface area (Å²) in [6.45, 7) is 1.75. The SMILES string of the molecule is CN(C)C[C@@H]1COc2ccccc2CN1C(=O)c1ccn(C)n1. The monoisotopic (exact) mass is 314 g/mol. The van der Waals surface area contributed by atoms with Gasteiger partial charge in [-0.25, -0.2) is 0 Å². The first-order valence-corrected chi connectivity index (χ1v) is 7.70. The topological polar surface area (TPSA) is 50.6 Å². The first-order chi connectivity index (χ1) is 11.0. The molecule has 23 heavy (non-hydrogen) atoms. The second-order valence-corrected chi connectivity index (χ2v) is 6.14. The molecule has 3 rings (SSSR count). The number of hydrogen-bond acceptors (Lipinski definition) is 4. The third kappa shape index (κ3) is 3.37. The summed E-state index contributed by atoms with van der Waals surface area (Å²) < 4.78 is 7.59. The van der Waals surface area contributed by atoms with Gasteiger partial charge in [-0.3, -0.25) is 9.48 Å². The fraction of sp³-hybridized carbons (Fsp3) is 0.412. The molecule has 0 saturated heterocycles. The largest absolute Gasteiger partial charge is 0.491 e. The molecule has 0 N–H and O–H groups in total. The average Bonchev–Trinajstić information content (AvgIpc) is 2.87. The van der Waals surface area contributed by atoms with Crippen molar-refractivity contribution in [2.75, 3.05) is 27.2 Å². The number of carbonyl (C=O) groups is 1. The van der Waals surface area contributed by atoms with E-state index in [1.165, 1.54) is 0 Å². The molecule has 0 aliphatic carbocycles. The number of rotatable bonds is 3. The van der Waals surface area contributed by atoms with Crippen molar-refractivity contribution in [3.05, 3.63) is 47.8 Å². The predicted molar refractivity (Wildman–Crippen MR) is 87.4 cm³/mol. The molecule has 1 atom stereocenters. The number of ether oxygens (including phenoxy) is 1. The molecule has 2 heterocycles. The van der Waals surface area contributed by atoms with Gasteiger partial charge in [-0.05, 0) is 26.2 Å². The minimum absolute atomic E-state index is 0.0214. The Kier molecular flexibility index (Phi) is 4.34. The molecule has 0 radical (unpaired) electrons.